The van der Waals surface area contributed by atoms with Gasteiger partial charge in [-0.05, 0) is 61.6 Å². The van der Waals surface area contributed by atoms with E-state index >= 15 is 0 Å². The van der Waals surface area contributed by atoms with Gasteiger partial charge in [0.1, 0.15) is 6.54 Å². The van der Waals surface area contributed by atoms with E-state index in [9.17, 15) is 18.4 Å². The smallest absolute Gasteiger partial charge is 0.246 e. The van der Waals surface area contributed by atoms with Crippen molar-refractivity contribution in [1.82, 2.24) is 4.90 Å². The van der Waals surface area contributed by atoms with Crippen LogP contribution in [0.25, 0.3) is 0 Å². The summed E-state index contributed by atoms with van der Waals surface area (Å²) in [6.45, 7) is 4.21. The van der Waals surface area contributed by atoms with E-state index in [1.54, 1.807) is 9.80 Å². The predicted octanol–water partition coefficient (Wildman–Crippen LogP) is 3.50. The fraction of sp³-hybridized carbons (Fsp3) is 0.417. The largest absolute Gasteiger partial charge is 0.329 e. The molecule has 0 radical (unpaired) electrons. The van der Waals surface area contributed by atoms with Gasteiger partial charge in [0.05, 0.1) is 0 Å². The maximum absolute atomic E-state index is 13.8. The highest BCUT2D eigenvalue weighted by molar-refractivity contribution is 5.98. The number of nitrogens with zero attached hydrogens (tertiary/aromatic N) is 2. The van der Waals surface area contributed by atoms with Crippen molar-refractivity contribution in [3.63, 3.8) is 0 Å². The molecule has 5 nitrogen and oxygen atoms in total. The quantitative estimate of drug-likeness (QED) is 0.812. The fourth-order valence-corrected chi connectivity index (χ4v) is 4.81. The van der Waals surface area contributed by atoms with Crippen LogP contribution in [0.1, 0.15) is 49.3 Å². The number of rotatable bonds is 4. The van der Waals surface area contributed by atoms with Crippen molar-refractivity contribution in [3.8, 4) is 0 Å². The monoisotopic (exact) mass is 427 g/mol. The van der Waals surface area contributed by atoms with Gasteiger partial charge in [-0.2, -0.15) is 0 Å². The summed E-state index contributed by atoms with van der Waals surface area (Å²) in [5.74, 6) is -2.31. The van der Waals surface area contributed by atoms with Gasteiger partial charge < -0.3 is 15.5 Å². The highest BCUT2D eigenvalue weighted by Gasteiger charge is 2.34. The zero-order valence-corrected chi connectivity index (χ0v) is 17.8. The Morgan fingerprint density at radius 3 is 2.58 bits per heavy atom. The van der Waals surface area contributed by atoms with Gasteiger partial charge in [-0.1, -0.05) is 18.2 Å². The van der Waals surface area contributed by atoms with Crippen molar-refractivity contribution in [1.29, 1.82) is 0 Å². The van der Waals surface area contributed by atoms with Gasteiger partial charge in [-0.15, -0.1) is 0 Å². The Bertz CT molecular complexity index is 1020. The maximum atomic E-state index is 13.8. The van der Waals surface area contributed by atoms with E-state index in [1.807, 2.05) is 38.1 Å². The van der Waals surface area contributed by atoms with Crippen molar-refractivity contribution in [2.24, 2.45) is 5.73 Å². The molecule has 0 saturated carbocycles. The van der Waals surface area contributed by atoms with Crippen LogP contribution in [0.4, 0.5) is 14.5 Å². The number of anilines is 1. The van der Waals surface area contributed by atoms with Crippen LogP contribution in [0.5, 0.6) is 0 Å². The second-order valence-electron chi connectivity index (χ2n) is 8.71. The molecule has 4 rings (SSSR count). The molecular weight excluding hydrogens is 400 g/mol. The average Bonchev–Trinajstić information content (AvgIpc) is 3.03. The molecule has 31 heavy (non-hydrogen) atoms. The topological polar surface area (TPSA) is 66.6 Å². The number of para-hydroxylation sites is 1. The highest BCUT2D eigenvalue weighted by Crippen LogP contribution is 2.37. The molecule has 7 heteroatoms. The number of aryl methyl sites for hydroxylation is 1. The number of halogens is 2. The summed E-state index contributed by atoms with van der Waals surface area (Å²) in [6, 6.07) is 9.47. The first kappa shape index (κ1) is 21.4. The van der Waals surface area contributed by atoms with Gasteiger partial charge in [-0.3, -0.25) is 9.59 Å². The molecule has 0 spiro atoms. The summed E-state index contributed by atoms with van der Waals surface area (Å²) in [6.07, 6.45) is 1.30. The van der Waals surface area contributed by atoms with Gasteiger partial charge in [0.25, 0.3) is 0 Å². The lowest BCUT2D eigenvalue weighted by Crippen LogP contribution is -2.44. The lowest BCUT2D eigenvalue weighted by molar-refractivity contribution is -0.136. The standard InChI is InChI=1S/C24H27F2N3O2/c1-14(2)29-22-6-4-3-5-16(22)12-28(13-24(29)31)23(30)11-21(27)17-8-7-15-9-19(25)20(26)10-18(15)17/h3-6,9-10,14,17,21H,7-8,11-13,27H2,1-2H3/t17-,21-/m0/s1. The lowest BCUT2D eigenvalue weighted by atomic mass is 9.91. The first-order chi connectivity index (χ1) is 14.8. The third-order valence-corrected chi connectivity index (χ3v) is 6.31. The number of fused-ring (bicyclic) bond motifs is 2. The third kappa shape index (κ3) is 4.06. The molecule has 2 atom stereocenters. The molecule has 1 heterocycles. The molecule has 1 aliphatic heterocycles. The summed E-state index contributed by atoms with van der Waals surface area (Å²) >= 11 is 0. The normalized spacial score (nSPS) is 19.3. The Morgan fingerprint density at radius 2 is 1.84 bits per heavy atom. The third-order valence-electron chi connectivity index (χ3n) is 6.31. The SMILES string of the molecule is CC(C)N1C(=O)CN(C(=O)C[C@H](N)[C@H]2CCc3cc(F)c(F)cc32)Cc2ccccc21. The van der Waals surface area contributed by atoms with Crippen LogP contribution in [-0.2, 0) is 22.6 Å². The van der Waals surface area contributed by atoms with Gasteiger partial charge in [0, 0.05) is 36.7 Å². The average molecular weight is 427 g/mol. The van der Waals surface area contributed by atoms with E-state index in [2.05, 4.69) is 0 Å². The van der Waals surface area contributed by atoms with E-state index in [-0.39, 0.29) is 36.7 Å². The number of benzene rings is 2. The molecule has 164 valence electrons. The molecule has 2 amide bonds. The van der Waals surface area contributed by atoms with Crippen LogP contribution in [0.2, 0.25) is 0 Å². The fourth-order valence-electron chi connectivity index (χ4n) is 4.81. The molecule has 1 aliphatic carbocycles. The van der Waals surface area contributed by atoms with E-state index in [0.29, 0.717) is 24.9 Å². The van der Waals surface area contributed by atoms with Crippen molar-refractivity contribution in [3.05, 3.63) is 64.7 Å². The van der Waals surface area contributed by atoms with Crippen LogP contribution in [0.15, 0.2) is 36.4 Å². The Morgan fingerprint density at radius 1 is 1.13 bits per heavy atom. The number of carbonyl (C=O) groups is 2. The summed E-state index contributed by atoms with van der Waals surface area (Å²) in [5.41, 5.74) is 9.54. The summed E-state index contributed by atoms with van der Waals surface area (Å²) in [5, 5.41) is 0. The van der Waals surface area contributed by atoms with Crippen molar-refractivity contribution < 1.29 is 18.4 Å². The van der Waals surface area contributed by atoms with Crippen molar-refractivity contribution in [2.45, 2.75) is 57.7 Å². The van der Waals surface area contributed by atoms with Crippen LogP contribution in [0.3, 0.4) is 0 Å². The van der Waals surface area contributed by atoms with Gasteiger partial charge in [0.2, 0.25) is 11.8 Å². The predicted molar refractivity (Wildman–Crippen MR) is 114 cm³/mol. The molecule has 2 aromatic carbocycles. The number of amides is 2. The Kier molecular flexibility index (Phi) is 5.79. The van der Waals surface area contributed by atoms with Gasteiger partial charge in [-0.25, -0.2) is 8.78 Å². The number of hydrogen-bond donors (Lipinski definition) is 1. The molecule has 2 aromatic rings. The molecule has 0 aromatic heterocycles. The van der Waals surface area contributed by atoms with E-state index in [0.717, 1.165) is 16.8 Å². The lowest BCUT2D eigenvalue weighted by Gasteiger charge is -2.27. The number of nitrogens with two attached hydrogens (primary N) is 1. The number of hydrogen-bond acceptors (Lipinski definition) is 3. The minimum Gasteiger partial charge on any atom is -0.329 e. The highest BCUT2D eigenvalue weighted by atomic mass is 19.2. The van der Waals surface area contributed by atoms with Crippen LogP contribution in [-0.4, -0.2) is 35.3 Å². The first-order valence-electron chi connectivity index (χ1n) is 10.7. The molecule has 0 unspecified atom stereocenters. The van der Waals surface area contributed by atoms with E-state index in [4.69, 9.17) is 5.73 Å². The summed E-state index contributed by atoms with van der Waals surface area (Å²) < 4.78 is 27.3. The second kappa shape index (κ2) is 8.38. The van der Waals surface area contributed by atoms with E-state index < -0.39 is 17.7 Å². The van der Waals surface area contributed by atoms with Crippen LogP contribution >= 0.6 is 0 Å². The minimum atomic E-state index is -0.896. The maximum Gasteiger partial charge on any atom is 0.246 e. The number of carbonyl (C=O) groups excluding carboxylic acids is 2. The molecule has 0 fully saturated rings. The molecule has 2 aliphatic rings. The van der Waals surface area contributed by atoms with Gasteiger partial charge in [0.15, 0.2) is 11.6 Å². The Labute approximate surface area is 180 Å². The van der Waals surface area contributed by atoms with Crippen molar-refractivity contribution >= 4 is 17.5 Å². The Hall–Kier alpha value is -2.80. The van der Waals surface area contributed by atoms with Gasteiger partial charge >= 0.3 is 0 Å². The zero-order chi connectivity index (χ0) is 22.3. The van der Waals surface area contributed by atoms with E-state index in [1.165, 1.54) is 12.1 Å². The van der Waals surface area contributed by atoms with Crippen LogP contribution in [0, 0.1) is 11.6 Å². The first-order valence-corrected chi connectivity index (χ1v) is 10.7. The van der Waals surface area contributed by atoms with Crippen LogP contribution < -0.4 is 10.6 Å². The van der Waals surface area contributed by atoms with Crippen molar-refractivity contribution in [2.75, 3.05) is 11.4 Å². The summed E-state index contributed by atoms with van der Waals surface area (Å²) in [7, 11) is 0. The summed E-state index contributed by atoms with van der Waals surface area (Å²) in [4.78, 5) is 29.3. The zero-order valence-electron chi connectivity index (χ0n) is 17.8. The second-order valence-corrected chi connectivity index (χ2v) is 8.71. The Balaban J connectivity index is 1.52. The minimum absolute atomic E-state index is 0.0144. The molecule has 0 bridgehead atoms. The molecule has 0 saturated heterocycles. The molecule has 2 N–H and O–H groups in total. The molecular formula is C24H27F2N3O2.